The third-order valence-corrected chi connectivity index (χ3v) is 4.57. The second-order valence-electron chi connectivity index (χ2n) is 5.11. The first-order chi connectivity index (χ1) is 11.8. The zero-order chi connectivity index (χ0) is 16.4. The molecule has 0 atom stereocenters. The van der Waals surface area contributed by atoms with Crippen LogP contribution in [-0.2, 0) is 0 Å². The lowest BCUT2D eigenvalue weighted by atomic mass is 10.2. The number of hydrogen-bond donors (Lipinski definition) is 0. The van der Waals surface area contributed by atoms with Crippen LogP contribution < -0.4 is 4.74 Å². The molecule has 5 heteroatoms. The fourth-order valence-electron chi connectivity index (χ4n) is 2.29. The lowest BCUT2D eigenvalue weighted by Crippen LogP contribution is -1.88. The van der Waals surface area contributed by atoms with Crippen molar-refractivity contribution in [3.8, 4) is 28.3 Å². The Balaban J connectivity index is 1.56. The molecule has 114 valence electrons. The summed E-state index contributed by atoms with van der Waals surface area (Å²) >= 11 is 1.67. The summed E-state index contributed by atoms with van der Waals surface area (Å²) in [4.78, 5) is 8.75. The SMILES string of the molecule is N#Cc1ccc(Oc2ccc(-c3nc4ccccc4s3)cc2)nc1. The zero-order valence-corrected chi connectivity index (χ0v) is 13.3. The van der Waals surface area contributed by atoms with Crippen molar-refractivity contribution in [1.29, 1.82) is 5.26 Å². The van der Waals surface area contributed by atoms with Gasteiger partial charge in [-0.2, -0.15) is 5.26 Å². The van der Waals surface area contributed by atoms with E-state index >= 15 is 0 Å². The smallest absolute Gasteiger partial charge is 0.219 e. The molecule has 0 aliphatic rings. The van der Waals surface area contributed by atoms with E-state index in [0.29, 0.717) is 17.2 Å². The Hall–Kier alpha value is -3.23. The molecule has 0 unspecified atom stereocenters. The fraction of sp³-hybridized carbons (Fsp3) is 0. The molecule has 2 aromatic carbocycles. The van der Waals surface area contributed by atoms with E-state index in [0.717, 1.165) is 16.1 Å². The van der Waals surface area contributed by atoms with E-state index in [2.05, 4.69) is 16.0 Å². The van der Waals surface area contributed by atoms with Gasteiger partial charge in [0.2, 0.25) is 5.88 Å². The number of nitriles is 1. The molecular formula is C19H11N3OS. The Morgan fingerprint density at radius 1 is 0.958 bits per heavy atom. The molecule has 0 saturated carbocycles. The molecular weight excluding hydrogens is 318 g/mol. The van der Waals surface area contributed by atoms with Crippen LogP contribution in [-0.4, -0.2) is 9.97 Å². The van der Waals surface area contributed by atoms with Gasteiger partial charge in [0.05, 0.1) is 15.8 Å². The van der Waals surface area contributed by atoms with E-state index in [1.165, 1.54) is 10.9 Å². The Labute approximate surface area is 142 Å². The van der Waals surface area contributed by atoms with Crippen LogP contribution in [0.2, 0.25) is 0 Å². The molecule has 0 amide bonds. The predicted octanol–water partition coefficient (Wildman–Crippen LogP) is 5.02. The molecule has 4 aromatic rings. The van der Waals surface area contributed by atoms with Crippen LogP contribution in [0.1, 0.15) is 5.56 Å². The molecule has 0 N–H and O–H groups in total. The van der Waals surface area contributed by atoms with Crippen molar-refractivity contribution < 1.29 is 4.74 Å². The van der Waals surface area contributed by atoms with Crippen LogP contribution in [0.25, 0.3) is 20.8 Å². The first-order valence-electron chi connectivity index (χ1n) is 7.32. The number of para-hydroxylation sites is 1. The van der Waals surface area contributed by atoms with Crippen molar-refractivity contribution >= 4 is 21.6 Å². The number of hydrogen-bond acceptors (Lipinski definition) is 5. The average Bonchev–Trinajstić information content (AvgIpc) is 3.07. The number of nitrogens with zero attached hydrogens (tertiary/aromatic N) is 3. The van der Waals surface area contributed by atoms with Crippen molar-refractivity contribution in [2.45, 2.75) is 0 Å². The minimum atomic E-state index is 0.460. The highest BCUT2D eigenvalue weighted by Gasteiger charge is 2.06. The van der Waals surface area contributed by atoms with Crippen molar-refractivity contribution in [1.82, 2.24) is 9.97 Å². The first-order valence-corrected chi connectivity index (χ1v) is 8.13. The molecule has 4 nitrogen and oxygen atoms in total. The highest BCUT2D eigenvalue weighted by Crippen LogP contribution is 2.31. The van der Waals surface area contributed by atoms with Gasteiger partial charge >= 0.3 is 0 Å². The molecule has 2 aromatic heterocycles. The van der Waals surface area contributed by atoms with Gasteiger partial charge in [-0.1, -0.05) is 12.1 Å². The van der Waals surface area contributed by atoms with E-state index < -0.39 is 0 Å². The normalized spacial score (nSPS) is 10.5. The van der Waals surface area contributed by atoms with Crippen molar-refractivity contribution in [2.75, 3.05) is 0 Å². The lowest BCUT2D eigenvalue weighted by molar-refractivity contribution is 0.463. The summed E-state index contributed by atoms with van der Waals surface area (Å²) in [6.45, 7) is 0. The van der Waals surface area contributed by atoms with Crippen molar-refractivity contribution in [2.24, 2.45) is 0 Å². The summed E-state index contributed by atoms with van der Waals surface area (Å²) in [6.07, 6.45) is 1.49. The maximum atomic E-state index is 8.77. The monoisotopic (exact) mass is 329 g/mol. The van der Waals surface area contributed by atoms with E-state index in [1.807, 2.05) is 48.5 Å². The van der Waals surface area contributed by atoms with Gasteiger partial charge in [0.1, 0.15) is 16.8 Å². The molecule has 0 radical (unpaired) electrons. The van der Waals surface area contributed by atoms with Crippen molar-refractivity contribution in [3.05, 3.63) is 72.4 Å². The minimum Gasteiger partial charge on any atom is -0.439 e. The number of ether oxygens (including phenoxy) is 1. The summed E-state index contributed by atoms with van der Waals surface area (Å²) < 4.78 is 6.87. The van der Waals surface area contributed by atoms with E-state index in [9.17, 15) is 0 Å². The first kappa shape index (κ1) is 14.4. The van der Waals surface area contributed by atoms with Gasteiger partial charge in [-0.3, -0.25) is 0 Å². The van der Waals surface area contributed by atoms with Crippen LogP contribution in [0.4, 0.5) is 0 Å². The largest absolute Gasteiger partial charge is 0.439 e. The molecule has 0 spiro atoms. The van der Waals surface area contributed by atoms with Gasteiger partial charge in [0, 0.05) is 17.8 Å². The third kappa shape index (κ3) is 2.83. The highest BCUT2D eigenvalue weighted by atomic mass is 32.1. The number of thiazole rings is 1. The average molecular weight is 329 g/mol. The summed E-state index contributed by atoms with van der Waals surface area (Å²) in [7, 11) is 0. The highest BCUT2D eigenvalue weighted by molar-refractivity contribution is 7.21. The van der Waals surface area contributed by atoms with Gasteiger partial charge in [-0.05, 0) is 42.5 Å². The molecule has 0 fully saturated rings. The number of fused-ring (bicyclic) bond motifs is 1. The molecule has 2 heterocycles. The van der Waals surface area contributed by atoms with Crippen molar-refractivity contribution in [3.63, 3.8) is 0 Å². The maximum Gasteiger partial charge on any atom is 0.219 e. The molecule has 0 bridgehead atoms. The van der Waals surface area contributed by atoms with Crippen LogP contribution >= 0.6 is 11.3 Å². The number of aromatic nitrogens is 2. The van der Waals surface area contributed by atoms with Gasteiger partial charge in [-0.25, -0.2) is 9.97 Å². The topological polar surface area (TPSA) is 58.8 Å². The summed E-state index contributed by atoms with van der Waals surface area (Å²) in [5.41, 5.74) is 2.57. The number of rotatable bonds is 3. The summed E-state index contributed by atoms with van der Waals surface area (Å²) in [6, 6.07) is 21.2. The minimum absolute atomic E-state index is 0.460. The molecule has 0 saturated heterocycles. The molecule has 0 aliphatic carbocycles. The predicted molar refractivity (Wildman–Crippen MR) is 94.1 cm³/mol. The number of pyridine rings is 1. The fourth-order valence-corrected chi connectivity index (χ4v) is 3.26. The van der Waals surface area contributed by atoms with Gasteiger partial charge in [0.25, 0.3) is 0 Å². The second-order valence-corrected chi connectivity index (χ2v) is 6.14. The standard InChI is InChI=1S/C19H11N3OS/c20-11-13-5-10-18(21-12-13)23-15-8-6-14(7-9-15)19-22-16-3-1-2-4-17(16)24-19/h1-10,12H. The molecule has 0 aliphatic heterocycles. The van der Waals surface area contributed by atoms with Crippen LogP contribution in [0.15, 0.2) is 66.9 Å². The van der Waals surface area contributed by atoms with Crippen LogP contribution in [0.5, 0.6) is 11.6 Å². The molecule has 4 rings (SSSR count). The van der Waals surface area contributed by atoms with Crippen LogP contribution in [0.3, 0.4) is 0 Å². The summed E-state index contributed by atoms with van der Waals surface area (Å²) in [5, 5.41) is 9.76. The van der Waals surface area contributed by atoms with Gasteiger partial charge < -0.3 is 4.74 Å². The van der Waals surface area contributed by atoms with E-state index in [4.69, 9.17) is 10.00 Å². The lowest BCUT2D eigenvalue weighted by Gasteiger charge is -2.05. The Morgan fingerprint density at radius 2 is 1.79 bits per heavy atom. The van der Waals surface area contributed by atoms with E-state index in [1.54, 1.807) is 23.5 Å². The third-order valence-electron chi connectivity index (χ3n) is 3.48. The quantitative estimate of drug-likeness (QED) is 0.529. The Bertz CT molecular complexity index is 998. The Kier molecular flexibility index (Phi) is 3.66. The van der Waals surface area contributed by atoms with Gasteiger partial charge in [0.15, 0.2) is 0 Å². The second kappa shape index (κ2) is 6.11. The van der Waals surface area contributed by atoms with Crippen LogP contribution in [0, 0.1) is 11.3 Å². The number of benzene rings is 2. The maximum absolute atomic E-state index is 8.77. The zero-order valence-electron chi connectivity index (χ0n) is 12.5. The molecule has 24 heavy (non-hydrogen) atoms. The Morgan fingerprint density at radius 3 is 2.50 bits per heavy atom. The van der Waals surface area contributed by atoms with Gasteiger partial charge in [-0.15, -0.1) is 11.3 Å². The summed E-state index contributed by atoms with van der Waals surface area (Å²) in [5.74, 6) is 1.15. The van der Waals surface area contributed by atoms with E-state index in [-0.39, 0.29) is 0 Å².